The van der Waals surface area contributed by atoms with Gasteiger partial charge in [-0.15, -0.1) is 0 Å². The van der Waals surface area contributed by atoms with Crippen molar-refractivity contribution in [3.8, 4) is 0 Å². The number of halogens is 1. The topological polar surface area (TPSA) is 79.7 Å². The molecular weight excluding hydrogens is 374 g/mol. The van der Waals surface area contributed by atoms with Gasteiger partial charge in [0.2, 0.25) is 10.0 Å². The molecule has 2 aromatic rings. The van der Waals surface area contributed by atoms with E-state index in [-0.39, 0.29) is 27.4 Å². The minimum Gasteiger partial charge on any atom is -0.340 e. The quantitative estimate of drug-likeness (QED) is 0.649. The molecule has 0 aliphatic heterocycles. The molecule has 2 aromatic carbocycles. The molecule has 0 radical (unpaired) electrons. The normalized spacial score (nSPS) is 12.8. The smallest absolute Gasteiger partial charge is 0.252 e. The molecule has 0 saturated carbocycles. The van der Waals surface area contributed by atoms with Crippen LogP contribution in [0, 0.1) is 0 Å². The molecule has 1 amide bonds. The minimum absolute atomic E-state index is 0.0632. The lowest BCUT2D eigenvalue weighted by Crippen LogP contribution is -3.06. The second kappa shape index (κ2) is 8.64. The second-order valence-electron chi connectivity index (χ2n) is 6.20. The Labute approximate surface area is 159 Å². The van der Waals surface area contributed by atoms with E-state index in [4.69, 9.17) is 11.6 Å². The van der Waals surface area contributed by atoms with Gasteiger partial charge in [-0.2, -0.15) is 0 Å². The summed E-state index contributed by atoms with van der Waals surface area (Å²) in [6.45, 7) is 0.686. The van der Waals surface area contributed by atoms with Crippen molar-refractivity contribution < 1.29 is 18.1 Å². The van der Waals surface area contributed by atoms with Gasteiger partial charge in [-0.05, 0) is 30.8 Å². The van der Waals surface area contributed by atoms with Crippen molar-refractivity contribution >= 4 is 27.5 Å². The van der Waals surface area contributed by atoms with Crippen LogP contribution < -0.4 is 14.9 Å². The van der Waals surface area contributed by atoms with E-state index in [1.54, 1.807) is 0 Å². The molecule has 140 valence electrons. The number of hydrogen-bond acceptors (Lipinski definition) is 3. The summed E-state index contributed by atoms with van der Waals surface area (Å²) >= 11 is 5.98. The fourth-order valence-corrected chi connectivity index (χ4v) is 3.80. The highest BCUT2D eigenvalue weighted by molar-refractivity contribution is 7.89. The summed E-state index contributed by atoms with van der Waals surface area (Å²) in [6.07, 6.45) is 0. The third-order valence-electron chi connectivity index (χ3n) is 3.87. The Bertz CT molecular complexity index is 871. The summed E-state index contributed by atoms with van der Waals surface area (Å²) in [5.41, 5.74) is 1.22. The summed E-state index contributed by atoms with van der Waals surface area (Å²) in [7, 11) is 1.55. The van der Waals surface area contributed by atoms with Crippen molar-refractivity contribution in [3.63, 3.8) is 0 Å². The van der Waals surface area contributed by atoms with Gasteiger partial charge in [-0.1, -0.05) is 41.9 Å². The maximum absolute atomic E-state index is 12.7. The van der Waals surface area contributed by atoms with Gasteiger partial charge in [0, 0.05) is 5.56 Å². The molecule has 0 saturated heterocycles. The Hall–Kier alpha value is -1.93. The van der Waals surface area contributed by atoms with Gasteiger partial charge in [0.05, 0.1) is 19.1 Å². The number of amides is 1. The number of carbonyl (C=O) groups excluding carboxylic acids is 1. The molecule has 0 aliphatic rings. The molecule has 0 fully saturated rings. The van der Waals surface area contributed by atoms with E-state index in [1.165, 1.54) is 30.1 Å². The van der Waals surface area contributed by atoms with Gasteiger partial charge < -0.3 is 10.2 Å². The average molecular weight is 397 g/mol. The summed E-state index contributed by atoms with van der Waals surface area (Å²) in [5, 5.41) is 3.04. The first-order chi connectivity index (χ1) is 12.2. The van der Waals surface area contributed by atoms with Crippen LogP contribution in [0.3, 0.4) is 0 Å². The van der Waals surface area contributed by atoms with Crippen LogP contribution in [0.5, 0.6) is 0 Å². The van der Waals surface area contributed by atoms with Gasteiger partial charge in [-0.25, -0.2) is 13.1 Å². The predicted octanol–water partition coefficient (Wildman–Crippen LogP) is 0.864. The first kappa shape index (κ1) is 20.4. The summed E-state index contributed by atoms with van der Waals surface area (Å²) < 4.78 is 26.3. The van der Waals surface area contributed by atoms with Crippen LogP contribution in [0.1, 0.15) is 22.0 Å². The Morgan fingerprint density at radius 2 is 1.81 bits per heavy atom. The Balaban J connectivity index is 2.31. The van der Waals surface area contributed by atoms with Gasteiger partial charge in [-0.3, -0.25) is 4.79 Å². The Morgan fingerprint density at radius 1 is 1.15 bits per heavy atom. The summed E-state index contributed by atoms with van der Waals surface area (Å²) in [4.78, 5) is 13.8. The maximum atomic E-state index is 12.7. The Morgan fingerprint density at radius 3 is 2.38 bits per heavy atom. The molecule has 0 heterocycles. The molecule has 2 rings (SSSR count). The first-order valence-electron chi connectivity index (χ1n) is 8.12. The number of carbonyl (C=O) groups is 1. The van der Waals surface area contributed by atoms with Crippen molar-refractivity contribution in [3.05, 3.63) is 64.7 Å². The van der Waals surface area contributed by atoms with Crippen LogP contribution >= 0.6 is 11.6 Å². The first-order valence-corrected chi connectivity index (χ1v) is 9.98. The molecule has 0 aliphatic carbocycles. The van der Waals surface area contributed by atoms with E-state index in [0.717, 1.165) is 5.56 Å². The number of sulfonamides is 1. The molecule has 26 heavy (non-hydrogen) atoms. The van der Waals surface area contributed by atoms with Crippen LogP contribution in [-0.2, 0) is 10.0 Å². The van der Waals surface area contributed by atoms with Gasteiger partial charge in [0.15, 0.2) is 0 Å². The van der Waals surface area contributed by atoms with Crippen molar-refractivity contribution in [1.29, 1.82) is 0 Å². The molecule has 6 nitrogen and oxygen atoms in total. The zero-order valence-corrected chi connectivity index (χ0v) is 16.5. The maximum Gasteiger partial charge on any atom is 0.252 e. The minimum atomic E-state index is -3.75. The van der Waals surface area contributed by atoms with Crippen LogP contribution in [0.15, 0.2) is 53.4 Å². The highest BCUT2D eigenvalue weighted by atomic mass is 35.5. The molecule has 8 heteroatoms. The highest BCUT2D eigenvalue weighted by Crippen LogP contribution is 2.23. The SMILES string of the molecule is CNS(=O)(=O)c1cc(C(=O)N[C@H](C[NH+](C)C)c2ccccc2)ccc1Cl. The van der Waals surface area contributed by atoms with E-state index in [1.807, 2.05) is 44.4 Å². The van der Waals surface area contributed by atoms with Crippen LogP contribution in [0.2, 0.25) is 5.02 Å². The number of benzene rings is 2. The van der Waals surface area contributed by atoms with Crippen molar-refractivity contribution in [2.45, 2.75) is 10.9 Å². The van der Waals surface area contributed by atoms with Gasteiger partial charge in [0.25, 0.3) is 5.91 Å². The zero-order valence-electron chi connectivity index (χ0n) is 14.9. The molecule has 0 spiro atoms. The predicted molar refractivity (Wildman–Crippen MR) is 102 cm³/mol. The number of nitrogens with one attached hydrogen (secondary N) is 3. The van der Waals surface area contributed by atoms with Crippen molar-refractivity contribution in [2.75, 3.05) is 27.7 Å². The fourth-order valence-electron chi connectivity index (χ4n) is 2.55. The number of hydrogen-bond donors (Lipinski definition) is 3. The molecule has 3 N–H and O–H groups in total. The number of rotatable bonds is 7. The third-order valence-corrected chi connectivity index (χ3v) is 5.77. The van der Waals surface area contributed by atoms with Crippen LogP contribution in [-0.4, -0.2) is 42.0 Å². The number of quaternary nitrogens is 1. The van der Waals surface area contributed by atoms with Gasteiger partial charge >= 0.3 is 0 Å². The molecule has 0 aromatic heterocycles. The average Bonchev–Trinajstić information content (AvgIpc) is 2.61. The zero-order chi connectivity index (χ0) is 19.3. The molecule has 0 bridgehead atoms. The van der Waals surface area contributed by atoms with E-state index >= 15 is 0 Å². The lowest BCUT2D eigenvalue weighted by molar-refractivity contribution is -0.860. The largest absolute Gasteiger partial charge is 0.340 e. The number of likely N-dealkylation sites (N-methyl/N-ethyl adjacent to an activating group) is 1. The highest BCUT2D eigenvalue weighted by Gasteiger charge is 2.22. The summed E-state index contributed by atoms with van der Waals surface area (Å²) in [6, 6.07) is 13.7. The molecule has 1 atom stereocenters. The van der Waals surface area contributed by atoms with Crippen LogP contribution in [0.4, 0.5) is 0 Å². The monoisotopic (exact) mass is 396 g/mol. The van der Waals surface area contributed by atoms with E-state index in [2.05, 4.69) is 10.0 Å². The standard InChI is InChI=1S/C18H22ClN3O3S/c1-20-26(24,25)17-11-14(9-10-15(17)19)18(23)21-16(12-22(2)3)13-7-5-4-6-8-13/h4-11,16,20H,12H2,1-3H3,(H,21,23)/p+1/t16-/m1/s1. The van der Waals surface area contributed by atoms with Crippen molar-refractivity contribution in [2.24, 2.45) is 0 Å². The summed E-state index contributed by atoms with van der Waals surface area (Å²) in [5.74, 6) is -0.357. The fraction of sp³-hybridized carbons (Fsp3) is 0.278. The lowest BCUT2D eigenvalue weighted by Gasteiger charge is -2.21. The van der Waals surface area contributed by atoms with E-state index in [9.17, 15) is 13.2 Å². The second-order valence-corrected chi connectivity index (χ2v) is 8.46. The van der Waals surface area contributed by atoms with Crippen LogP contribution in [0.25, 0.3) is 0 Å². The lowest BCUT2D eigenvalue weighted by atomic mass is 10.1. The van der Waals surface area contributed by atoms with Crippen molar-refractivity contribution in [1.82, 2.24) is 10.0 Å². The van der Waals surface area contributed by atoms with E-state index in [0.29, 0.717) is 6.54 Å². The van der Waals surface area contributed by atoms with E-state index < -0.39 is 10.0 Å². The molecule has 0 unspecified atom stereocenters. The van der Waals surface area contributed by atoms with Gasteiger partial charge in [0.1, 0.15) is 17.5 Å². The third kappa shape index (κ3) is 5.04. The molecular formula is C18H23ClN3O3S+. The Kier molecular flexibility index (Phi) is 6.77.